The highest BCUT2D eigenvalue weighted by atomic mass is 16.4. The number of aryl methyl sites for hydroxylation is 1. The fourth-order valence-corrected chi connectivity index (χ4v) is 2.96. The Morgan fingerprint density at radius 1 is 1.42 bits per heavy atom. The van der Waals surface area contributed by atoms with Gasteiger partial charge in [-0.3, -0.25) is 9.59 Å². The molecule has 2 fully saturated rings. The molecule has 19 heavy (non-hydrogen) atoms. The summed E-state index contributed by atoms with van der Waals surface area (Å²) in [5.74, 6) is -1.29. The fourth-order valence-electron chi connectivity index (χ4n) is 2.96. The minimum Gasteiger partial charge on any atom is -0.481 e. The number of hydrogen-bond donors (Lipinski definition) is 1. The molecule has 3 rings (SSSR count). The molecule has 6 nitrogen and oxygen atoms in total. The highest BCUT2D eigenvalue weighted by molar-refractivity contribution is 5.82. The summed E-state index contributed by atoms with van der Waals surface area (Å²) in [5, 5.41) is 9.44. The van der Waals surface area contributed by atoms with E-state index >= 15 is 0 Å². The van der Waals surface area contributed by atoms with Gasteiger partial charge in [-0.2, -0.15) is 0 Å². The van der Waals surface area contributed by atoms with Gasteiger partial charge < -0.3 is 14.6 Å². The minimum atomic E-state index is -0.829. The maximum atomic E-state index is 12.2. The molecular formula is C13H17N3O3. The summed E-state index contributed by atoms with van der Waals surface area (Å²) in [6, 6.07) is -0.159. The van der Waals surface area contributed by atoms with Crippen LogP contribution in [0, 0.1) is 5.92 Å². The van der Waals surface area contributed by atoms with Crippen LogP contribution in [-0.2, 0) is 16.6 Å². The third kappa shape index (κ3) is 2.01. The smallest absolute Gasteiger partial charge is 0.309 e. The summed E-state index contributed by atoms with van der Waals surface area (Å²) < 4.78 is 1.81. The van der Waals surface area contributed by atoms with Crippen molar-refractivity contribution in [3.05, 3.63) is 18.2 Å². The van der Waals surface area contributed by atoms with E-state index in [2.05, 4.69) is 4.98 Å². The van der Waals surface area contributed by atoms with Crippen molar-refractivity contribution in [2.75, 3.05) is 0 Å². The monoisotopic (exact) mass is 263 g/mol. The maximum Gasteiger partial charge on any atom is 0.309 e. The number of carboxylic acids is 1. The van der Waals surface area contributed by atoms with Crippen molar-refractivity contribution in [2.24, 2.45) is 13.0 Å². The van der Waals surface area contributed by atoms with Gasteiger partial charge in [-0.05, 0) is 19.3 Å². The van der Waals surface area contributed by atoms with Gasteiger partial charge in [0.2, 0.25) is 5.91 Å². The first-order valence-corrected chi connectivity index (χ1v) is 6.59. The normalized spacial score (nSPS) is 27.6. The molecule has 2 heterocycles. The van der Waals surface area contributed by atoms with Crippen LogP contribution >= 0.6 is 0 Å². The number of imidazole rings is 1. The van der Waals surface area contributed by atoms with E-state index in [0.717, 1.165) is 18.5 Å². The molecule has 1 amide bonds. The number of carboxylic acid groups (broad SMARTS) is 1. The van der Waals surface area contributed by atoms with Crippen LogP contribution in [0.3, 0.4) is 0 Å². The average Bonchev–Trinajstić information content (AvgIpc) is 3.10. The number of amides is 1. The highest BCUT2D eigenvalue weighted by Crippen LogP contribution is 2.43. The first kappa shape index (κ1) is 12.2. The molecule has 102 valence electrons. The number of nitrogens with zero attached hydrogens (tertiary/aromatic N) is 3. The zero-order valence-electron chi connectivity index (χ0n) is 10.8. The topological polar surface area (TPSA) is 75.4 Å². The van der Waals surface area contributed by atoms with Gasteiger partial charge in [-0.25, -0.2) is 4.98 Å². The van der Waals surface area contributed by atoms with Crippen molar-refractivity contribution in [3.8, 4) is 0 Å². The van der Waals surface area contributed by atoms with E-state index in [9.17, 15) is 14.7 Å². The van der Waals surface area contributed by atoms with Gasteiger partial charge in [0.25, 0.3) is 0 Å². The number of likely N-dealkylation sites (tertiary alicyclic amines) is 1. The molecule has 2 atom stereocenters. The lowest BCUT2D eigenvalue weighted by Crippen LogP contribution is -2.47. The van der Waals surface area contributed by atoms with Crippen LogP contribution in [-0.4, -0.2) is 37.5 Å². The summed E-state index contributed by atoms with van der Waals surface area (Å²) in [7, 11) is 1.84. The lowest BCUT2D eigenvalue weighted by Gasteiger charge is -2.39. The van der Waals surface area contributed by atoms with Crippen LogP contribution in [0.1, 0.15) is 37.4 Å². The first-order valence-electron chi connectivity index (χ1n) is 6.59. The largest absolute Gasteiger partial charge is 0.481 e. The molecule has 0 unspecified atom stereocenters. The Hall–Kier alpha value is -1.85. The van der Waals surface area contributed by atoms with E-state index in [1.165, 1.54) is 0 Å². The highest BCUT2D eigenvalue weighted by Gasteiger charge is 2.47. The predicted octanol–water partition coefficient (Wildman–Crippen LogP) is 0.947. The van der Waals surface area contributed by atoms with Crippen molar-refractivity contribution in [3.63, 3.8) is 0 Å². The fraction of sp³-hybridized carbons (Fsp3) is 0.615. The van der Waals surface area contributed by atoms with Gasteiger partial charge in [-0.15, -0.1) is 0 Å². The molecule has 1 saturated heterocycles. The lowest BCUT2D eigenvalue weighted by atomic mass is 9.86. The average molecular weight is 263 g/mol. The summed E-state index contributed by atoms with van der Waals surface area (Å²) in [6.07, 6.45) is 6.03. The lowest BCUT2D eigenvalue weighted by molar-refractivity contribution is -0.152. The molecular weight excluding hydrogens is 246 g/mol. The molecule has 0 spiro atoms. The summed E-state index contributed by atoms with van der Waals surface area (Å²) >= 11 is 0. The van der Waals surface area contributed by atoms with Gasteiger partial charge in [0.1, 0.15) is 0 Å². The first-order chi connectivity index (χ1) is 9.09. The van der Waals surface area contributed by atoms with Crippen molar-refractivity contribution in [1.82, 2.24) is 14.5 Å². The molecule has 1 N–H and O–H groups in total. The Balaban J connectivity index is 2.02. The van der Waals surface area contributed by atoms with E-state index in [4.69, 9.17) is 0 Å². The van der Waals surface area contributed by atoms with E-state index in [0.29, 0.717) is 12.8 Å². The van der Waals surface area contributed by atoms with Crippen LogP contribution in [0.2, 0.25) is 0 Å². The summed E-state index contributed by atoms with van der Waals surface area (Å²) in [5.41, 5.74) is 0.812. The zero-order chi connectivity index (χ0) is 13.6. The Kier molecular flexibility index (Phi) is 2.80. The summed E-state index contributed by atoms with van der Waals surface area (Å²) in [6.45, 7) is 0. The standard InChI is InChI=1S/C13H17N3O3/c1-15-7-14-6-10(15)12-9(13(18)19)4-5-11(17)16(12)8-2-3-8/h6-9,12H,2-5H2,1H3,(H,18,19)/t9-,12-/m1/s1. The van der Waals surface area contributed by atoms with Crippen molar-refractivity contribution in [1.29, 1.82) is 0 Å². The number of piperidine rings is 1. The van der Waals surface area contributed by atoms with E-state index in [1.54, 1.807) is 17.4 Å². The second kappa shape index (κ2) is 4.36. The Morgan fingerprint density at radius 2 is 2.16 bits per heavy atom. The third-order valence-corrected chi connectivity index (χ3v) is 4.05. The maximum absolute atomic E-state index is 12.2. The number of hydrogen-bond acceptors (Lipinski definition) is 3. The number of rotatable bonds is 3. The number of aliphatic carboxylic acids is 1. The van der Waals surface area contributed by atoms with Crippen LogP contribution in [0.5, 0.6) is 0 Å². The van der Waals surface area contributed by atoms with Crippen molar-refractivity contribution in [2.45, 2.75) is 37.8 Å². The van der Waals surface area contributed by atoms with Gasteiger partial charge in [0.05, 0.1) is 30.2 Å². The summed E-state index contributed by atoms with van der Waals surface area (Å²) in [4.78, 5) is 29.5. The van der Waals surface area contributed by atoms with Gasteiger partial charge >= 0.3 is 5.97 Å². The molecule has 0 radical (unpaired) electrons. The second-order valence-corrected chi connectivity index (χ2v) is 5.39. The van der Waals surface area contributed by atoms with Crippen LogP contribution in [0.4, 0.5) is 0 Å². The Labute approximate surface area is 111 Å². The molecule has 2 aliphatic rings. The van der Waals surface area contributed by atoms with E-state index < -0.39 is 11.9 Å². The van der Waals surface area contributed by atoms with Gasteiger partial charge in [0, 0.05) is 19.5 Å². The third-order valence-electron chi connectivity index (χ3n) is 4.05. The number of carbonyl (C=O) groups is 2. The zero-order valence-corrected chi connectivity index (χ0v) is 10.8. The van der Waals surface area contributed by atoms with Crippen molar-refractivity contribution >= 4 is 11.9 Å². The molecule has 1 aliphatic carbocycles. The Morgan fingerprint density at radius 3 is 2.68 bits per heavy atom. The quantitative estimate of drug-likeness (QED) is 0.880. The number of carbonyl (C=O) groups excluding carboxylic acids is 1. The van der Waals surface area contributed by atoms with Gasteiger partial charge in [-0.1, -0.05) is 0 Å². The van der Waals surface area contributed by atoms with Crippen LogP contribution < -0.4 is 0 Å². The van der Waals surface area contributed by atoms with Crippen molar-refractivity contribution < 1.29 is 14.7 Å². The second-order valence-electron chi connectivity index (χ2n) is 5.39. The molecule has 1 saturated carbocycles. The minimum absolute atomic E-state index is 0.0752. The molecule has 0 aromatic carbocycles. The molecule has 1 aromatic rings. The molecule has 0 bridgehead atoms. The molecule has 6 heteroatoms. The van der Waals surface area contributed by atoms with Crippen LogP contribution in [0.25, 0.3) is 0 Å². The van der Waals surface area contributed by atoms with E-state index in [-0.39, 0.29) is 18.0 Å². The molecule has 1 aliphatic heterocycles. The Bertz CT molecular complexity index is 521. The van der Waals surface area contributed by atoms with E-state index in [1.807, 2.05) is 11.6 Å². The number of aromatic nitrogens is 2. The van der Waals surface area contributed by atoms with Crippen LogP contribution in [0.15, 0.2) is 12.5 Å². The molecule has 1 aromatic heterocycles. The van der Waals surface area contributed by atoms with Gasteiger partial charge in [0.15, 0.2) is 0 Å². The SMILES string of the molecule is Cn1cncc1[C@H]1[C@H](C(=O)O)CCC(=O)N1C1CC1. The predicted molar refractivity (Wildman–Crippen MR) is 66.2 cm³/mol.